The monoisotopic (exact) mass is 573 g/mol. The van der Waals surface area contributed by atoms with Crippen LogP contribution >= 0.6 is 0 Å². The van der Waals surface area contributed by atoms with Crippen molar-refractivity contribution in [2.75, 3.05) is 25.0 Å². The molecule has 3 saturated carbocycles. The summed E-state index contributed by atoms with van der Waals surface area (Å²) in [5, 5.41) is 4.22. The fourth-order valence-electron chi connectivity index (χ4n) is 7.95. The minimum Gasteiger partial charge on any atom is -0.450 e. The van der Waals surface area contributed by atoms with Gasteiger partial charge in [-0.05, 0) is 80.5 Å². The molecule has 9 heteroatoms. The van der Waals surface area contributed by atoms with E-state index in [1.165, 1.54) is 0 Å². The van der Waals surface area contributed by atoms with E-state index < -0.39 is 10.0 Å². The molecule has 1 saturated heterocycles. The molecule has 0 radical (unpaired) electrons. The Morgan fingerprint density at radius 2 is 1.56 bits per heavy atom. The van der Waals surface area contributed by atoms with Gasteiger partial charge in [-0.2, -0.15) is 0 Å². The second-order valence-corrected chi connectivity index (χ2v) is 14.1. The van der Waals surface area contributed by atoms with Crippen molar-refractivity contribution in [3.8, 4) is 0 Å². The van der Waals surface area contributed by atoms with Crippen molar-refractivity contribution >= 4 is 38.5 Å². The third kappa shape index (κ3) is 4.00. The Hall–Kier alpha value is -3.43. The van der Waals surface area contributed by atoms with Crippen molar-refractivity contribution in [1.29, 1.82) is 0 Å². The van der Waals surface area contributed by atoms with Gasteiger partial charge >= 0.3 is 6.09 Å². The Balaban J connectivity index is 1.16. The number of amides is 2. The Kier molecular flexibility index (Phi) is 5.83. The van der Waals surface area contributed by atoms with Gasteiger partial charge in [0.2, 0.25) is 10.0 Å². The first-order chi connectivity index (χ1) is 19.7. The molecule has 8 nitrogen and oxygen atoms in total. The summed E-state index contributed by atoms with van der Waals surface area (Å²) in [5.74, 6) is -0.236. The molecule has 3 aromatic rings. The molecule has 3 aliphatic carbocycles. The van der Waals surface area contributed by atoms with Gasteiger partial charge in [-0.15, -0.1) is 0 Å². The number of aryl methyl sites for hydroxylation is 1. The van der Waals surface area contributed by atoms with Gasteiger partial charge in [0.15, 0.2) is 0 Å². The van der Waals surface area contributed by atoms with Gasteiger partial charge in [-0.3, -0.25) is 4.79 Å². The highest BCUT2D eigenvalue weighted by Gasteiger charge is 2.84. The van der Waals surface area contributed by atoms with Crippen molar-refractivity contribution in [3.05, 3.63) is 71.8 Å². The Morgan fingerprint density at radius 1 is 0.927 bits per heavy atom. The molecule has 1 heterocycles. The molecule has 3 aromatic carbocycles. The minimum atomic E-state index is -3.85. The van der Waals surface area contributed by atoms with Crippen molar-refractivity contribution in [3.63, 3.8) is 0 Å². The van der Waals surface area contributed by atoms with Crippen molar-refractivity contribution in [2.45, 2.75) is 56.9 Å². The summed E-state index contributed by atoms with van der Waals surface area (Å²) in [6, 6.07) is 17.8. The van der Waals surface area contributed by atoms with Crippen molar-refractivity contribution in [1.82, 2.24) is 9.62 Å². The number of carbonyl (C=O) groups is 2. The minimum absolute atomic E-state index is 0.0343. The lowest BCUT2D eigenvalue weighted by molar-refractivity contribution is 0.00367. The Morgan fingerprint density at radius 3 is 2.20 bits per heavy atom. The number of ether oxygens (including phenoxy) is 1. The summed E-state index contributed by atoms with van der Waals surface area (Å²) < 4.78 is 36.4. The molecule has 2 amide bonds. The first kappa shape index (κ1) is 26.5. The average molecular weight is 574 g/mol. The molecule has 1 atom stereocenters. The second-order valence-electron chi connectivity index (χ2n) is 12.4. The number of carbonyl (C=O) groups excluding carboxylic acids is 2. The number of hydrogen-bond acceptors (Lipinski definition) is 5. The van der Waals surface area contributed by atoms with Gasteiger partial charge < -0.3 is 15.0 Å². The van der Waals surface area contributed by atoms with Crippen LogP contribution in [0.4, 0.5) is 10.5 Å². The highest BCUT2D eigenvalue weighted by Crippen LogP contribution is 2.84. The van der Waals surface area contributed by atoms with Crippen LogP contribution in [0.25, 0.3) is 10.8 Å². The summed E-state index contributed by atoms with van der Waals surface area (Å²) in [6.45, 7) is 5.35. The molecule has 0 bridgehead atoms. The molecule has 214 valence electrons. The number of anilines is 1. The summed E-state index contributed by atoms with van der Waals surface area (Å²) in [5.41, 5.74) is 1.83. The molecule has 3 spiro atoms. The molecule has 0 aromatic heterocycles. The van der Waals surface area contributed by atoms with E-state index in [1.807, 2.05) is 55.1 Å². The van der Waals surface area contributed by atoms with Crippen LogP contribution in [-0.4, -0.2) is 51.1 Å². The number of rotatable bonds is 6. The first-order valence-electron chi connectivity index (χ1n) is 14.5. The van der Waals surface area contributed by atoms with E-state index in [4.69, 9.17) is 4.74 Å². The van der Waals surface area contributed by atoms with Crippen LogP contribution < -0.4 is 10.0 Å². The number of piperidine rings is 1. The van der Waals surface area contributed by atoms with Gasteiger partial charge in [-0.25, -0.2) is 17.9 Å². The predicted octanol–water partition coefficient (Wildman–Crippen LogP) is 5.47. The number of sulfonamides is 1. The van der Waals surface area contributed by atoms with Crippen molar-refractivity contribution < 1.29 is 22.7 Å². The molecule has 4 aliphatic rings. The summed E-state index contributed by atoms with van der Waals surface area (Å²) in [4.78, 5) is 27.8. The molecule has 4 fully saturated rings. The highest BCUT2D eigenvalue weighted by atomic mass is 32.2. The molecular weight excluding hydrogens is 538 g/mol. The van der Waals surface area contributed by atoms with E-state index in [1.54, 1.807) is 24.3 Å². The van der Waals surface area contributed by atoms with E-state index in [0.29, 0.717) is 41.7 Å². The number of likely N-dealkylation sites (tertiary alicyclic amines) is 1. The number of nitrogens with one attached hydrogen (secondary N) is 2. The maximum Gasteiger partial charge on any atom is 0.409 e. The van der Waals surface area contributed by atoms with Gasteiger partial charge in [0.05, 0.1) is 11.5 Å². The SMILES string of the molecule is CCOC(=O)N1CC2(CC2)C2(C[C@@H]2NS(=O)(=O)c2ccc(NC(=O)c3ccccc3C)c3ccccc23)C2(CC2)C1. The predicted molar refractivity (Wildman–Crippen MR) is 156 cm³/mol. The summed E-state index contributed by atoms with van der Waals surface area (Å²) in [6.07, 6.45) is 4.62. The fourth-order valence-corrected chi connectivity index (χ4v) is 9.45. The third-order valence-electron chi connectivity index (χ3n) is 10.2. The Bertz CT molecular complexity index is 1670. The number of fused-ring (bicyclic) bond motifs is 3. The average Bonchev–Trinajstić information content (AvgIpc) is 3.85. The summed E-state index contributed by atoms with van der Waals surface area (Å²) >= 11 is 0. The molecule has 1 aliphatic heterocycles. The zero-order valence-electron chi connectivity index (χ0n) is 23.4. The largest absolute Gasteiger partial charge is 0.450 e. The lowest BCUT2D eigenvalue weighted by atomic mass is 9.68. The molecule has 41 heavy (non-hydrogen) atoms. The first-order valence-corrected chi connectivity index (χ1v) is 16.0. The molecule has 0 unspecified atom stereocenters. The lowest BCUT2D eigenvalue weighted by Gasteiger charge is -2.46. The van der Waals surface area contributed by atoms with Gasteiger partial charge in [0.25, 0.3) is 5.91 Å². The maximum atomic E-state index is 14.0. The normalized spacial score (nSPS) is 22.6. The zero-order chi connectivity index (χ0) is 28.6. The van der Waals surface area contributed by atoms with Crippen molar-refractivity contribution in [2.24, 2.45) is 16.2 Å². The van der Waals surface area contributed by atoms with Crippen LogP contribution in [0, 0.1) is 23.2 Å². The zero-order valence-corrected chi connectivity index (χ0v) is 24.2. The molecular formula is C32H35N3O5S. The molecule has 7 rings (SSSR count). The van der Waals surface area contributed by atoms with Crippen LogP contribution in [0.1, 0.15) is 54.9 Å². The smallest absolute Gasteiger partial charge is 0.409 e. The quantitative estimate of drug-likeness (QED) is 0.407. The van der Waals surface area contributed by atoms with E-state index >= 15 is 0 Å². The number of benzene rings is 3. The van der Waals surface area contributed by atoms with Gasteiger partial charge in [0, 0.05) is 46.6 Å². The summed E-state index contributed by atoms with van der Waals surface area (Å²) in [7, 11) is -3.85. The number of nitrogens with zero attached hydrogens (tertiary/aromatic N) is 1. The van der Waals surface area contributed by atoms with E-state index in [9.17, 15) is 18.0 Å². The molecule has 2 N–H and O–H groups in total. The topological polar surface area (TPSA) is 105 Å². The van der Waals surface area contributed by atoms with Crippen LogP contribution in [0.2, 0.25) is 0 Å². The Labute approximate surface area is 240 Å². The van der Waals surface area contributed by atoms with Gasteiger partial charge in [0.1, 0.15) is 0 Å². The fraction of sp³-hybridized carbons (Fsp3) is 0.438. The lowest BCUT2D eigenvalue weighted by Crippen LogP contribution is -2.55. The standard InChI is InChI=1S/C32H35N3O5S/c1-3-40-29(37)35-19-30(14-15-30)32(31(20-35)16-17-31)18-27(32)34-41(38,39)26-13-12-25(23-10-6-7-11-24(23)26)33-28(36)22-9-5-4-8-21(22)2/h4-13,27,34H,3,14-20H2,1-2H3,(H,33,36)/t27-/m0/s1. The van der Waals surface area contributed by atoms with Crippen LogP contribution in [-0.2, 0) is 14.8 Å². The van der Waals surface area contributed by atoms with Crippen LogP contribution in [0.5, 0.6) is 0 Å². The highest BCUT2D eigenvalue weighted by molar-refractivity contribution is 7.89. The second kappa shape index (κ2) is 9.03. The van der Waals surface area contributed by atoms with Crippen LogP contribution in [0.3, 0.4) is 0 Å². The van der Waals surface area contributed by atoms with E-state index in [0.717, 1.165) is 37.7 Å². The third-order valence-corrected chi connectivity index (χ3v) is 11.7. The van der Waals surface area contributed by atoms with E-state index in [-0.39, 0.29) is 39.2 Å². The van der Waals surface area contributed by atoms with Crippen LogP contribution in [0.15, 0.2) is 65.6 Å². The number of hydrogen-bond donors (Lipinski definition) is 2. The van der Waals surface area contributed by atoms with Gasteiger partial charge in [-0.1, -0.05) is 42.5 Å². The van der Waals surface area contributed by atoms with E-state index in [2.05, 4.69) is 10.0 Å². The maximum absolute atomic E-state index is 14.0.